The second-order valence-corrected chi connectivity index (χ2v) is 4.44. The lowest BCUT2D eigenvalue weighted by Gasteiger charge is -2.18. The van der Waals surface area contributed by atoms with Crippen LogP contribution >= 0.6 is 12.2 Å². The molecule has 0 aliphatic carbocycles. The molecule has 0 spiro atoms. The van der Waals surface area contributed by atoms with Gasteiger partial charge in [0.05, 0.1) is 5.71 Å². The van der Waals surface area contributed by atoms with Crippen molar-refractivity contribution in [3.8, 4) is 11.5 Å². The highest BCUT2D eigenvalue weighted by Gasteiger charge is 2.12. The van der Waals surface area contributed by atoms with E-state index in [0.29, 0.717) is 18.3 Å². The maximum absolute atomic E-state index is 5.54. The molecular weight excluding hydrogens is 262 g/mol. The van der Waals surface area contributed by atoms with E-state index < -0.39 is 0 Å². The largest absolute Gasteiger partial charge is 0.486 e. The Hall–Kier alpha value is -1.82. The van der Waals surface area contributed by atoms with Gasteiger partial charge in [0, 0.05) is 12.1 Å². The number of hydrogen-bond acceptors (Lipinski definition) is 4. The Kier molecular flexibility index (Phi) is 4.57. The molecule has 5 nitrogen and oxygen atoms in total. The summed E-state index contributed by atoms with van der Waals surface area (Å²) in [4.78, 5) is 0. The molecule has 1 heterocycles. The third-order valence-corrected chi connectivity index (χ3v) is 2.86. The van der Waals surface area contributed by atoms with E-state index >= 15 is 0 Å². The van der Waals surface area contributed by atoms with E-state index in [4.69, 9.17) is 21.7 Å². The molecule has 102 valence electrons. The second-order valence-electron chi connectivity index (χ2n) is 4.03. The first-order chi connectivity index (χ1) is 9.20. The van der Waals surface area contributed by atoms with Crippen molar-refractivity contribution in [2.45, 2.75) is 13.8 Å². The van der Waals surface area contributed by atoms with Crippen molar-refractivity contribution >= 4 is 23.0 Å². The van der Waals surface area contributed by atoms with Gasteiger partial charge in [0.1, 0.15) is 13.2 Å². The molecule has 1 aliphatic heterocycles. The van der Waals surface area contributed by atoms with Gasteiger partial charge in [-0.25, -0.2) is 0 Å². The summed E-state index contributed by atoms with van der Waals surface area (Å²) in [6.45, 7) is 5.83. The van der Waals surface area contributed by atoms with Crippen LogP contribution in [0.2, 0.25) is 0 Å². The predicted octanol–water partition coefficient (Wildman–Crippen LogP) is 1.67. The molecular formula is C13H17N3O2S. The Bertz CT molecular complexity index is 503. The van der Waals surface area contributed by atoms with E-state index in [0.717, 1.165) is 29.3 Å². The summed E-state index contributed by atoms with van der Waals surface area (Å²) < 4.78 is 11.0. The highest BCUT2D eigenvalue weighted by molar-refractivity contribution is 7.80. The van der Waals surface area contributed by atoms with E-state index in [1.165, 1.54) is 0 Å². The monoisotopic (exact) mass is 279 g/mol. The number of benzene rings is 1. The Balaban J connectivity index is 2.08. The molecule has 6 heteroatoms. The Morgan fingerprint density at radius 2 is 2.05 bits per heavy atom. The molecule has 1 aliphatic rings. The molecule has 19 heavy (non-hydrogen) atoms. The number of fused-ring (bicyclic) bond motifs is 1. The summed E-state index contributed by atoms with van der Waals surface area (Å²) in [5, 5.41) is 7.71. The fraction of sp³-hybridized carbons (Fsp3) is 0.385. The molecule has 0 saturated carbocycles. The number of thiocarbonyl (C=S) groups is 1. The van der Waals surface area contributed by atoms with Crippen LogP contribution in [0.25, 0.3) is 0 Å². The van der Waals surface area contributed by atoms with Crippen LogP contribution in [0.4, 0.5) is 0 Å². The molecule has 0 fully saturated rings. The van der Waals surface area contributed by atoms with E-state index in [9.17, 15) is 0 Å². The highest BCUT2D eigenvalue weighted by Crippen LogP contribution is 2.30. The molecule has 1 aromatic rings. The van der Waals surface area contributed by atoms with Crippen molar-refractivity contribution in [2.24, 2.45) is 5.10 Å². The minimum absolute atomic E-state index is 0.513. The van der Waals surface area contributed by atoms with E-state index in [-0.39, 0.29) is 0 Å². The van der Waals surface area contributed by atoms with Gasteiger partial charge in [-0.3, -0.25) is 5.43 Å². The zero-order valence-electron chi connectivity index (χ0n) is 11.0. The minimum atomic E-state index is 0.513. The van der Waals surface area contributed by atoms with Gasteiger partial charge < -0.3 is 14.8 Å². The summed E-state index contributed by atoms with van der Waals surface area (Å²) in [6, 6.07) is 5.76. The Morgan fingerprint density at radius 3 is 2.79 bits per heavy atom. The molecule has 0 saturated heterocycles. The Morgan fingerprint density at radius 1 is 1.32 bits per heavy atom. The molecule has 0 aromatic heterocycles. The molecule has 2 rings (SSSR count). The van der Waals surface area contributed by atoms with Gasteiger partial charge in [0.25, 0.3) is 0 Å². The molecule has 0 atom stereocenters. The number of nitrogens with zero attached hydrogens (tertiary/aromatic N) is 1. The average molecular weight is 279 g/mol. The SMILES string of the molecule is CCNC(=S)N/N=C(/C)c1ccc2c(c1)OCCO2. The van der Waals surface area contributed by atoms with Crippen molar-refractivity contribution < 1.29 is 9.47 Å². The fourth-order valence-electron chi connectivity index (χ4n) is 1.67. The van der Waals surface area contributed by atoms with E-state index in [1.54, 1.807) is 0 Å². The maximum atomic E-state index is 5.54. The first kappa shape index (κ1) is 13.6. The first-order valence-corrected chi connectivity index (χ1v) is 6.59. The van der Waals surface area contributed by atoms with Crippen LogP contribution in [0, 0.1) is 0 Å². The molecule has 0 unspecified atom stereocenters. The van der Waals surface area contributed by atoms with Crippen LogP contribution in [0.1, 0.15) is 19.4 Å². The predicted molar refractivity (Wildman–Crippen MR) is 79.1 cm³/mol. The maximum Gasteiger partial charge on any atom is 0.186 e. The van der Waals surface area contributed by atoms with Crippen LogP contribution in [-0.4, -0.2) is 30.6 Å². The third kappa shape index (κ3) is 3.57. The lowest BCUT2D eigenvalue weighted by Crippen LogP contribution is -2.32. The highest BCUT2D eigenvalue weighted by atomic mass is 32.1. The molecule has 0 bridgehead atoms. The zero-order chi connectivity index (χ0) is 13.7. The van der Waals surface area contributed by atoms with Crippen LogP contribution in [0.5, 0.6) is 11.5 Å². The number of nitrogens with one attached hydrogen (secondary N) is 2. The summed E-state index contributed by atoms with van der Waals surface area (Å²) >= 11 is 5.04. The van der Waals surface area contributed by atoms with Crippen molar-refractivity contribution in [1.82, 2.24) is 10.7 Å². The standard InChI is InChI=1S/C13H17N3O2S/c1-3-14-13(19)16-15-9(2)10-4-5-11-12(8-10)18-7-6-17-11/h4-5,8H,3,6-7H2,1-2H3,(H2,14,16,19)/b15-9-. The van der Waals surface area contributed by atoms with Crippen molar-refractivity contribution in [3.63, 3.8) is 0 Å². The van der Waals surface area contributed by atoms with Gasteiger partial charge >= 0.3 is 0 Å². The minimum Gasteiger partial charge on any atom is -0.486 e. The first-order valence-electron chi connectivity index (χ1n) is 6.19. The molecule has 0 amide bonds. The van der Waals surface area contributed by atoms with Crippen LogP contribution in [0.3, 0.4) is 0 Å². The number of hydrogen-bond donors (Lipinski definition) is 2. The topological polar surface area (TPSA) is 54.9 Å². The normalized spacial score (nSPS) is 13.9. The van der Waals surface area contributed by atoms with Gasteiger partial charge in [-0.2, -0.15) is 5.10 Å². The number of hydrazone groups is 1. The van der Waals surface area contributed by atoms with Crippen LogP contribution < -0.4 is 20.2 Å². The zero-order valence-corrected chi connectivity index (χ0v) is 11.8. The smallest absolute Gasteiger partial charge is 0.186 e. The van der Waals surface area contributed by atoms with Gasteiger partial charge in [-0.05, 0) is 44.3 Å². The van der Waals surface area contributed by atoms with Gasteiger partial charge in [0.15, 0.2) is 16.6 Å². The van der Waals surface area contributed by atoms with Crippen LogP contribution in [0.15, 0.2) is 23.3 Å². The summed E-state index contributed by atoms with van der Waals surface area (Å²) in [6.07, 6.45) is 0. The summed E-state index contributed by atoms with van der Waals surface area (Å²) in [5.41, 5.74) is 4.60. The summed E-state index contributed by atoms with van der Waals surface area (Å²) in [5.74, 6) is 1.53. The second kappa shape index (κ2) is 6.38. The van der Waals surface area contributed by atoms with Crippen molar-refractivity contribution in [3.05, 3.63) is 23.8 Å². The lowest BCUT2D eigenvalue weighted by molar-refractivity contribution is 0.171. The number of ether oxygens (including phenoxy) is 2. The van der Waals surface area contributed by atoms with Crippen LogP contribution in [-0.2, 0) is 0 Å². The van der Waals surface area contributed by atoms with Crippen molar-refractivity contribution in [2.75, 3.05) is 19.8 Å². The molecule has 0 radical (unpaired) electrons. The van der Waals surface area contributed by atoms with Crippen molar-refractivity contribution in [1.29, 1.82) is 0 Å². The van der Waals surface area contributed by atoms with Gasteiger partial charge in [-0.15, -0.1) is 0 Å². The molecule has 2 N–H and O–H groups in total. The Labute approximate surface area is 118 Å². The molecule has 1 aromatic carbocycles. The third-order valence-electron chi connectivity index (χ3n) is 2.62. The lowest BCUT2D eigenvalue weighted by atomic mass is 10.1. The summed E-state index contributed by atoms with van der Waals surface area (Å²) in [7, 11) is 0. The van der Waals surface area contributed by atoms with Gasteiger partial charge in [0.2, 0.25) is 0 Å². The quantitative estimate of drug-likeness (QED) is 0.501. The van der Waals surface area contributed by atoms with Gasteiger partial charge in [-0.1, -0.05) is 0 Å². The van der Waals surface area contributed by atoms with E-state index in [1.807, 2.05) is 32.0 Å². The average Bonchev–Trinajstić information content (AvgIpc) is 2.44. The van der Waals surface area contributed by atoms with E-state index in [2.05, 4.69) is 15.8 Å². The fourth-order valence-corrected chi connectivity index (χ4v) is 1.86. The number of rotatable bonds is 3.